The zero-order chi connectivity index (χ0) is 33.7. The second kappa shape index (κ2) is 10.8. The molecule has 0 saturated carbocycles. The first-order chi connectivity index (χ1) is 22.9. The van der Waals surface area contributed by atoms with Gasteiger partial charge in [-0.1, -0.05) is 35.8 Å². The SMILES string of the molecule is COc1cc(C)c2ccc(C)c(C(=O)O[C@@H]3C=C4C#C[C@]5(C6COC(=O)O6)O[C@@H]5C#C/C=C\4[C@H]3O[N+]3(C)C4OC(C)C(O)C(O)C43)c2c1. The Morgan fingerprint density at radius 3 is 2.69 bits per heavy atom. The third kappa shape index (κ3) is 4.64. The van der Waals surface area contributed by atoms with E-state index >= 15 is 0 Å². The molecule has 4 aliphatic heterocycles. The molecule has 8 rings (SSSR count). The molecule has 2 aromatic rings. The Balaban J connectivity index is 1.17. The number of ether oxygens (including phenoxy) is 6. The number of aliphatic hydroxyl groups is 2. The number of rotatable bonds is 6. The number of cyclic esters (lactones) is 2. The number of aryl methyl sites for hydroxylation is 2. The van der Waals surface area contributed by atoms with Crippen molar-refractivity contribution in [3.8, 4) is 29.4 Å². The van der Waals surface area contributed by atoms with Gasteiger partial charge in [0.05, 0.1) is 18.8 Å². The van der Waals surface area contributed by atoms with Crippen LogP contribution in [0.25, 0.3) is 10.8 Å². The standard InChI is InChI=1S/C36H34NO11/c1-17-9-10-22-18(2)13-21(42-5)15-24(22)28(17)34(40)45-25-14-20-11-12-36(27-16-43-35(41)46-27)26(47-36)8-6-7-23(20)32(25)48-37(4)29-31(39)30(38)19(3)44-33(29)37/h7,9-10,13-15,19,25-27,29-33,38-39H,16H2,1-5H3/q+1/b23-7+/t19?,25-,26-,27?,29?,30?,31?,32-,33?,36+,37?/m1/s1. The second-order valence-corrected chi connectivity index (χ2v) is 13.1. The van der Waals surface area contributed by atoms with E-state index in [2.05, 4.69) is 23.7 Å². The molecule has 2 aliphatic carbocycles. The molecule has 0 aromatic heterocycles. The molecule has 4 saturated heterocycles. The van der Waals surface area contributed by atoms with Crippen molar-refractivity contribution < 1.29 is 57.7 Å². The highest BCUT2D eigenvalue weighted by atomic mass is 16.8. The van der Waals surface area contributed by atoms with Crippen LogP contribution >= 0.6 is 0 Å². The number of allylic oxidation sites excluding steroid dienone is 1. The van der Waals surface area contributed by atoms with Gasteiger partial charge in [-0.2, -0.15) is 4.84 Å². The highest BCUT2D eigenvalue weighted by Gasteiger charge is 2.77. The van der Waals surface area contributed by atoms with E-state index in [-0.39, 0.29) is 11.3 Å². The Kier molecular flexibility index (Phi) is 6.96. The fourth-order valence-corrected chi connectivity index (χ4v) is 7.30. The van der Waals surface area contributed by atoms with Crippen LogP contribution in [0.2, 0.25) is 0 Å². The van der Waals surface area contributed by atoms with Gasteiger partial charge in [0.1, 0.15) is 31.6 Å². The van der Waals surface area contributed by atoms with Gasteiger partial charge in [0.2, 0.25) is 11.6 Å². The summed E-state index contributed by atoms with van der Waals surface area (Å²) in [4.78, 5) is 32.6. The quantitative estimate of drug-likeness (QED) is 0.204. The number of fused-ring (bicyclic) bond motifs is 4. The molecule has 0 radical (unpaired) electrons. The van der Waals surface area contributed by atoms with E-state index in [9.17, 15) is 19.8 Å². The van der Waals surface area contributed by atoms with E-state index in [0.717, 1.165) is 16.5 Å². The molecule has 6 aliphatic rings. The van der Waals surface area contributed by atoms with E-state index in [1.807, 2.05) is 38.1 Å². The first-order valence-electron chi connectivity index (χ1n) is 15.8. The summed E-state index contributed by atoms with van der Waals surface area (Å²) in [5.74, 6) is 12.4. The van der Waals surface area contributed by atoms with Crippen LogP contribution in [0.3, 0.4) is 0 Å². The van der Waals surface area contributed by atoms with Gasteiger partial charge < -0.3 is 38.6 Å². The van der Waals surface area contributed by atoms with E-state index < -0.39 is 72.7 Å². The summed E-state index contributed by atoms with van der Waals surface area (Å²) in [6.07, 6.45) is -4.01. The lowest BCUT2D eigenvalue weighted by molar-refractivity contribution is -1.02. The average Bonchev–Trinajstić information content (AvgIpc) is 3.75. The lowest BCUT2D eigenvalue weighted by Crippen LogP contribution is -2.46. The van der Waals surface area contributed by atoms with E-state index in [1.54, 1.807) is 33.2 Å². The number of epoxide rings is 1. The molecule has 2 aromatic carbocycles. The summed E-state index contributed by atoms with van der Waals surface area (Å²) >= 11 is 0. The number of hydrogen-bond donors (Lipinski definition) is 2. The molecule has 12 heteroatoms. The van der Waals surface area contributed by atoms with E-state index in [1.165, 1.54) is 0 Å². The van der Waals surface area contributed by atoms with Crippen LogP contribution in [-0.2, 0) is 28.5 Å². The number of esters is 1. The molecule has 11 atom stereocenters. The first-order valence-corrected chi connectivity index (χ1v) is 15.8. The Hall–Kier alpha value is -4.40. The number of aliphatic hydroxyl groups excluding tert-OH is 2. The fourth-order valence-electron chi connectivity index (χ4n) is 7.30. The summed E-state index contributed by atoms with van der Waals surface area (Å²) in [6, 6.07) is 7.00. The molecule has 2 N–H and O–H groups in total. The number of hydroxylamine groups is 3. The summed E-state index contributed by atoms with van der Waals surface area (Å²) in [6.45, 7) is 5.47. The van der Waals surface area contributed by atoms with E-state index in [4.69, 9.17) is 33.3 Å². The van der Waals surface area contributed by atoms with Gasteiger partial charge in [-0.15, -0.1) is 4.65 Å². The number of methoxy groups -OCH3 is 1. The van der Waals surface area contributed by atoms with Gasteiger partial charge in [0, 0.05) is 16.5 Å². The summed E-state index contributed by atoms with van der Waals surface area (Å²) in [5, 5.41) is 23.0. The van der Waals surface area contributed by atoms with Crippen LogP contribution in [0.1, 0.15) is 28.4 Å². The minimum Gasteiger partial charge on any atom is -0.497 e. The molecule has 0 spiro atoms. The van der Waals surface area contributed by atoms with Crippen molar-refractivity contribution in [1.82, 2.24) is 0 Å². The predicted molar refractivity (Wildman–Crippen MR) is 166 cm³/mol. The van der Waals surface area contributed by atoms with Gasteiger partial charge >= 0.3 is 12.1 Å². The summed E-state index contributed by atoms with van der Waals surface area (Å²) in [5.41, 5.74) is 1.94. The van der Waals surface area contributed by atoms with Crippen molar-refractivity contribution in [1.29, 1.82) is 0 Å². The number of nitrogens with zero attached hydrogens (tertiary/aromatic N) is 1. The Morgan fingerprint density at radius 1 is 1.12 bits per heavy atom. The maximum Gasteiger partial charge on any atom is 0.508 e. The number of carbonyl (C=O) groups excluding carboxylic acids is 2. The second-order valence-electron chi connectivity index (χ2n) is 13.1. The van der Waals surface area contributed by atoms with Crippen molar-refractivity contribution in [3.63, 3.8) is 0 Å². The van der Waals surface area contributed by atoms with E-state index in [0.29, 0.717) is 27.8 Å². The smallest absolute Gasteiger partial charge is 0.497 e. The molecule has 4 heterocycles. The topological polar surface area (TPSA) is 143 Å². The van der Waals surface area contributed by atoms with Crippen LogP contribution < -0.4 is 4.74 Å². The van der Waals surface area contributed by atoms with Crippen molar-refractivity contribution in [2.24, 2.45) is 0 Å². The van der Waals surface area contributed by atoms with Crippen molar-refractivity contribution in [3.05, 3.63) is 64.3 Å². The minimum absolute atomic E-state index is 0.0170. The van der Waals surface area contributed by atoms with Crippen molar-refractivity contribution in [2.75, 3.05) is 20.8 Å². The summed E-state index contributed by atoms with van der Waals surface area (Å²) < 4.78 is 33.7. The predicted octanol–water partition coefficient (Wildman–Crippen LogP) is 2.15. The van der Waals surface area contributed by atoms with Crippen molar-refractivity contribution in [2.45, 2.75) is 81.4 Å². The normalized spacial score (nSPS) is 39.5. The highest BCUT2D eigenvalue weighted by Crippen LogP contribution is 2.50. The first kappa shape index (κ1) is 30.9. The molecule has 48 heavy (non-hydrogen) atoms. The van der Waals surface area contributed by atoms with Crippen LogP contribution in [0, 0.1) is 37.5 Å². The lowest BCUT2D eigenvalue weighted by atomic mass is 9.96. The third-order valence-corrected chi connectivity index (χ3v) is 10.2. The molecule has 4 fully saturated rings. The fraction of sp³-hybridized carbons (Fsp3) is 0.444. The van der Waals surface area contributed by atoms with Gasteiger partial charge in [0.15, 0.2) is 24.4 Å². The molecular formula is C36H34NO11+. The zero-order valence-electron chi connectivity index (χ0n) is 26.9. The lowest BCUT2D eigenvalue weighted by Gasteiger charge is -2.25. The Morgan fingerprint density at radius 2 is 1.94 bits per heavy atom. The number of quaternary nitrogens is 1. The van der Waals surface area contributed by atoms with Crippen LogP contribution in [-0.4, -0.2) is 108 Å². The summed E-state index contributed by atoms with van der Waals surface area (Å²) in [7, 11) is 3.33. The van der Waals surface area contributed by atoms with Crippen LogP contribution in [0.15, 0.2) is 47.6 Å². The van der Waals surface area contributed by atoms with Gasteiger partial charge in [0.25, 0.3) is 6.23 Å². The average molecular weight is 657 g/mol. The van der Waals surface area contributed by atoms with Crippen LogP contribution in [0.5, 0.6) is 5.75 Å². The molecule has 12 nitrogen and oxygen atoms in total. The largest absolute Gasteiger partial charge is 0.508 e. The molecule has 248 valence electrons. The number of benzene rings is 2. The number of carbonyl (C=O) groups is 2. The number of hydrogen-bond acceptors (Lipinski definition) is 11. The molecule has 0 bridgehead atoms. The van der Waals surface area contributed by atoms with Gasteiger partial charge in [-0.25, -0.2) is 9.59 Å². The van der Waals surface area contributed by atoms with Gasteiger partial charge in [-0.05, 0) is 61.6 Å². The molecule has 7 unspecified atom stereocenters. The maximum absolute atomic E-state index is 14.2. The Bertz CT molecular complexity index is 1960. The third-order valence-electron chi connectivity index (χ3n) is 10.2. The van der Waals surface area contributed by atoms with Crippen LogP contribution in [0.4, 0.5) is 4.79 Å². The van der Waals surface area contributed by atoms with Crippen molar-refractivity contribution >= 4 is 22.9 Å². The van der Waals surface area contributed by atoms with Gasteiger partial charge in [-0.3, -0.25) is 0 Å². The minimum atomic E-state index is -1.16. The monoisotopic (exact) mass is 656 g/mol. The maximum atomic E-state index is 14.2. The Labute approximate surface area is 276 Å². The zero-order valence-corrected chi connectivity index (χ0v) is 26.9. The number of likely N-dealkylation sites (N-methyl/N-ethyl adjacent to an activating group) is 1. The molecular weight excluding hydrogens is 622 g/mol. The molecule has 0 amide bonds. The highest BCUT2D eigenvalue weighted by molar-refractivity contribution is 6.07.